The lowest BCUT2D eigenvalue weighted by Crippen LogP contribution is -2.41. The maximum atomic E-state index is 12.9. The van der Waals surface area contributed by atoms with Gasteiger partial charge in [-0.3, -0.25) is 14.7 Å². The summed E-state index contributed by atoms with van der Waals surface area (Å²) < 4.78 is 38.9. The van der Waals surface area contributed by atoms with Crippen LogP contribution in [-0.2, 0) is 24.3 Å². The Morgan fingerprint density at radius 1 is 1.00 bits per heavy atom. The molecule has 0 spiro atoms. The summed E-state index contributed by atoms with van der Waals surface area (Å²) in [7, 11) is -3.87. The van der Waals surface area contributed by atoms with Gasteiger partial charge in [0, 0.05) is 36.0 Å². The Bertz CT molecular complexity index is 1340. The number of benzene rings is 2. The summed E-state index contributed by atoms with van der Waals surface area (Å²) in [6.45, 7) is 1.10. The molecule has 2 saturated heterocycles. The number of hydrogen-bond acceptors (Lipinski definition) is 7. The lowest BCUT2D eigenvalue weighted by molar-refractivity contribution is -0.125. The fourth-order valence-electron chi connectivity index (χ4n) is 4.02. The number of anilines is 2. The predicted molar refractivity (Wildman–Crippen MR) is 124 cm³/mol. The lowest BCUT2D eigenvalue weighted by atomic mass is 10.2. The molecule has 176 valence electrons. The van der Waals surface area contributed by atoms with Crippen molar-refractivity contribution in [2.75, 3.05) is 42.6 Å². The molecular formula is C23H22N4O6S. The van der Waals surface area contributed by atoms with Crippen molar-refractivity contribution in [1.82, 2.24) is 9.71 Å². The second-order valence-electron chi connectivity index (χ2n) is 7.91. The average molecular weight is 483 g/mol. The molecule has 10 nitrogen and oxygen atoms in total. The number of ether oxygens (including phenoxy) is 2. The van der Waals surface area contributed by atoms with Crippen molar-refractivity contribution in [3.05, 3.63) is 60.8 Å². The molecule has 0 bridgehead atoms. The number of morpholine rings is 1. The van der Waals surface area contributed by atoms with Gasteiger partial charge in [0.25, 0.3) is 5.91 Å². The molecule has 1 aromatic heterocycles. The van der Waals surface area contributed by atoms with Crippen LogP contribution in [0, 0.1) is 0 Å². The largest absolute Gasteiger partial charge is 0.443 e. The number of para-hydroxylation sites is 1. The summed E-state index contributed by atoms with van der Waals surface area (Å²) in [5.41, 5.74) is 1.69. The van der Waals surface area contributed by atoms with Gasteiger partial charge in [-0.15, -0.1) is 0 Å². The molecule has 0 aliphatic carbocycles. The second kappa shape index (κ2) is 9.01. The lowest BCUT2D eigenvalue weighted by Gasteiger charge is -2.27. The highest BCUT2D eigenvalue weighted by atomic mass is 32.2. The van der Waals surface area contributed by atoms with Crippen LogP contribution in [-0.4, -0.2) is 64.4 Å². The number of aromatic nitrogens is 1. The third-order valence-electron chi connectivity index (χ3n) is 5.72. The van der Waals surface area contributed by atoms with Crippen molar-refractivity contribution >= 4 is 44.3 Å². The van der Waals surface area contributed by atoms with E-state index in [1.165, 1.54) is 17.2 Å². The number of carbonyl (C=O) groups excluding carboxylic acids is 2. The Labute approximate surface area is 196 Å². The number of nitrogens with one attached hydrogen (secondary N) is 1. The zero-order valence-corrected chi connectivity index (χ0v) is 18.9. The van der Waals surface area contributed by atoms with Gasteiger partial charge in [0.05, 0.1) is 18.7 Å². The molecule has 3 aromatic rings. The van der Waals surface area contributed by atoms with Crippen LogP contribution < -0.4 is 14.5 Å². The molecule has 2 fully saturated rings. The average Bonchev–Trinajstić information content (AvgIpc) is 3.23. The van der Waals surface area contributed by atoms with Gasteiger partial charge in [-0.1, -0.05) is 18.2 Å². The number of nitrogens with zero attached hydrogens (tertiary/aromatic N) is 3. The van der Waals surface area contributed by atoms with Crippen LogP contribution in [0.4, 0.5) is 16.2 Å². The van der Waals surface area contributed by atoms with Crippen molar-refractivity contribution in [1.29, 1.82) is 0 Å². The SMILES string of the molecule is O=C1COCCN1c1ccc(N2C[C@H](CNS(=O)(=O)c3cccc4cccnc34)OC2=O)cc1. The van der Waals surface area contributed by atoms with Crippen LogP contribution in [0.3, 0.4) is 0 Å². The van der Waals surface area contributed by atoms with E-state index in [-0.39, 0.29) is 30.5 Å². The molecule has 0 saturated carbocycles. The molecule has 0 radical (unpaired) electrons. The van der Waals surface area contributed by atoms with Gasteiger partial charge in [-0.2, -0.15) is 0 Å². The van der Waals surface area contributed by atoms with Crippen LogP contribution in [0.2, 0.25) is 0 Å². The zero-order valence-electron chi connectivity index (χ0n) is 18.1. The van der Waals surface area contributed by atoms with Gasteiger partial charge >= 0.3 is 6.09 Å². The minimum Gasteiger partial charge on any atom is -0.443 e. The Kier molecular flexibility index (Phi) is 5.90. The summed E-state index contributed by atoms with van der Waals surface area (Å²) in [6.07, 6.45) is 0.315. The van der Waals surface area contributed by atoms with Crippen molar-refractivity contribution in [2.24, 2.45) is 0 Å². The van der Waals surface area contributed by atoms with Crippen molar-refractivity contribution in [2.45, 2.75) is 11.0 Å². The van der Waals surface area contributed by atoms with E-state index >= 15 is 0 Å². The highest BCUT2D eigenvalue weighted by Crippen LogP contribution is 2.26. The van der Waals surface area contributed by atoms with E-state index in [4.69, 9.17) is 9.47 Å². The van der Waals surface area contributed by atoms with Crippen LogP contribution in [0.1, 0.15) is 0 Å². The molecule has 11 heteroatoms. The molecule has 1 atom stereocenters. The number of cyclic esters (lactones) is 1. The molecular weight excluding hydrogens is 460 g/mol. The minimum absolute atomic E-state index is 0.0482. The van der Waals surface area contributed by atoms with Gasteiger partial charge in [-0.25, -0.2) is 17.9 Å². The minimum atomic E-state index is -3.87. The maximum absolute atomic E-state index is 12.9. The number of sulfonamides is 1. The van der Waals surface area contributed by atoms with Gasteiger partial charge in [-0.05, 0) is 36.4 Å². The predicted octanol–water partition coefficient (Wildman–Crippen LogP) is 1.90. The van der Waals surface area contributed by atoms with E-state index in [0.717, 1.165) is 5.69 Å². The highest BCUT2D eigenvalue weighted by Gasteiger charge is 2.33. The molecule has 2 aromatic carbocycles. The molecule has 34 heavy (non-hydrogen) atoms. The number of hydrogen-bond donors (Lipinski definition) is 1. The van der Waals surface area contributed by atoms with E-state index < -0.39 is 22.2 Å². The van der Waals surface area contributed by atoms with Crippen LogP contribution >= 0.6 is 0 Å². The molecule has 5 rings (SSSR count). The summed E-state index contributed by atoms with van der Waals surface area (Å²) in [6, 6.07) is 15.4. The van der Waals surface area contributed by atoms with E-state index in [1.54, 1.807) is 53.4 Å². The number of carbonyl (C=O) groups is 2. The molecule has 2 aliphatic rings. The first-order valence-corrected chi connectivity index (χ1v) is 12.2. The molecule has 1 N–H and O–H groups in total. The molecule has 2 amide bonds. The fraction of sp³-hybridized carbons (Fsp3) is 0.261. The van der Waals surface area contributed by atoms with E-state index in [9.17, 15) is 18.0 Å². The van der Waals surface area contributed by atoms with Crippen molar-refractivity contribution in [3.8, 4) is 0 Å². The first kappa shape index (κ1) is 22.3. The fourth-order valence-corrected chi connectivity index (χ4v) is 5.26. The Morgan fingerprint density at radius 3 is 2.50 bits per heavy atom. The second-order valence-corrected chi connectivity index (χ2v) is 9.65. The molecule has 3 heterocycles. The maximum Gasteiger partial charge on any atom is 0.414 e. The summed E-state index contributed by atoms with van der Waals surface area (Å²) >= 11 is 0. The summed E-state index contributed by atoms with van der Waals surface area (Å²) in [5, 5.41) is 0.714. The molecule has 2 aliphatic heterocycles. The number of pyridine rings is 1. The summed E-state index contributed by atoms with van der Waals surface area (Å²) in [5.74, 6) is -0.117. The smallest absolute Gasteiger partial charge is 0.414 e. The van der Waals surface area contributed by atoms with Gasteiger partial charge < -0.3 is 14.4 Å². The third kappa shape index (κ3) is 4.32. The Balaban J connectivity index is 1.25. The van der Waals surface area contributed by atoms with Crippen molar-refractivity contribution in [3.63, 3.8) is 0 Å². The third-order valence-corrected chi connectivity index (χ3v) is 7.17. The van der Waals surface area contributed by atoms with Crippen LogP contribution in [0.15, 0.2) is 65.7 Å². The number of amides is 2. The van der Waals surface area contributed by atoms with Gasteiger partial charge in [0.15, 0.2) is 0 Å². The standard InChI is InChI=1S/C23H22N4O6S/c28-21-15-32-12-11-26(21)17-6-8-18(9-7-17)27-14-19(33-23(27)29)13-25-34(30,31)20-5-1-3-16-4-2-10-24-22(16)20/h1-10,19,25H,11-15H2/t19-/m0/s1. The highest BCUT2D eigenvalue weighted by molar-refractivity contribution is 7.89. The van der Waals surface area contributed by atoms with E-state index in [1.807, 2.05) is 0 Å². The summed E-state index contributed by atoms with van der Waals surface area (Å²) in [4.78, 5) is 31.8. The van der Waals surface area contributed by atoms with Gasteiger partial charge in [0.1, 0.15) is 17.6 Å². The van der Waals surface area contributed by atoms with Crippen LogP contribution in [0.5, 0.6) is 0 Å². The topological polar surface area (TPSA) is 118 Å². The molecule has 0 unspecified atom stereocenters. The first-order chi connectivity index (χ1) is 16.4. The monoisotopic (exact) mass is 482 g/mol. The normalized spacial score (nSPS) is 19.0. The Morgan fingerprint density at radius 2 is 1.74 bits per heavy atom. The first-order valence-electron chi connectivity index (χ1n) is 10.7. The Hall–Kier alpha value is -3.54. The van der Waals surface area contributed by atoms with E-state index in [2.05, 4.69) is 9.71 Å². The number of fused-ring (bicyclic) bond motifs is 1. The number of rotatable bonds is 6. The van der Waals surface area contributed by atoms with Gasteiger partial charge in [0.2, 0.25) is 10.0 Å². The van der Waals surface area contributed by atoms with E-state index in [0.29, 0.717) is 29.7 Å². The van der Waals surface area contributed by atoms with Crippen LogP contribution in [0.25, 0.3) is 10.9 Å². The van der Waals surface area contributed by atoms with Crippen molar-refractivity contribution < 1.29 is 27.5 Å². The quantitative estimate of drug-likeness (QED) is 0.570. The zero-order chi connectivity index (χ0) is 23.7.